The van der Waals surface area contributed by atoms with Crippen LogP contribution in [0, 0.1) is 0 Å². The molecule has 2 amide bonds. The van der Waals surface area contributed by atoms with Crippen molar-refractivity contribution < 1.29 is 34.1 Å². The molecule has 9 nitrogen and oxygen atoms in total. The van der Waals surface area contributed by atoms with Crippen molar-refractivity contribution in [2.75, 3.05) is 6.61 Å². The molecule has 6 atom stereocenters. The maximum absolute atomic E-state index is 12.8. The van der Waals surface area contributed by atoms with Crippen molar-refractivity contribution in [3.05, 3.63) is 66.2 Å². The first-order valence-electron chi connectivity index (χ1n) is 11.2. The standard InChI is InChI=1S/C25H30N2O7Se/c1-15(28)26-19(13-17-9-5-3-6-10-17)24(32)33-14-20-22(30)23(31)21(27-16(2)29)25(34-20)35-18-11-7-4-8-12-18/h3-12,19-23,25,30-31H,13-14H2,1-2H3,(H,26,28)(H,27,29)/t19-,20+,21+,22+,23+,25-/m0/s1. The van der Waals surface area contributed by atoms with E-state index in [2.05, 4.69) is 10.6 Å². The number of hydrogen-bond donors (Lipinski definition) is 4. The van der Waals surface area contributed by atoms with Gasteiger partial charge in [-0.05, 0) is 0 Å². The number of esters is 1. The molecule has 2 aromatic carbocycles. The SMILES string of the molecule is CC(=O)N[C@@H]1[C@@H](O)[C@H](O)[C@@H](COC(=O)[C@H](Cc2ccccc2)NC(C)=O)O[C@H]1[Se]c1ccccc1. The van der Waals surface area contributed by atoms with Crippen molar-refractivity contribution in [1.82, 2.24) is 10.6 Å². The van der Waals surface area contributed by atoms with Crippen LogP contribution in [-0.4, -0.2) is 85.0 Å². The molecule has 188 valence electrons. The van der Waals surface area contributed by atoms with Gasteiger partial charge in [-0.3, -0.25) is 0 Å². The quantitative estimate of drug-likeness (QED) is 0.239. The van der Waals surface area contributed by atoms with Crippen LogP contribution in [0.25, 0.3) is 0 Å². The Labute approximate surface area is 210 Å². The number of carbonyl (C=O) groups is 3. The Bertz CT molecular complexity index is 992. The summed E-state index contributed by atoms with van der Waals surface area (Å²) in [4.78, 5) is 36.2. The van der Waals surface area contributed by atoms with Gasteiger partial charge in [0.1, 0.15) is 0 Å². The van der Waals surface area contributed by atoms with Crippen molar-refractivity contribution in [1.29, 1.82) is 0 Å². The van der Waals surface area contributed by atoms with Crippen LogP contribution in [0.1, 0.15) is 19.4 Å². The number of benzene rings is 2. The van der Waals surface area contributed by atoms with Crippen LogP contribution in [0.15, 0.2) is 60.7 Å². The summed E-state index contributed by atoms with van der Waals surface area (Å²) in [5, 5.41) is 26.1. The molecule has 1 fully saturated rings. The Morgan fingerprint density at radius 1 is 0.971 bits per heavy atom. The zero-order chi connectivity index (χ0) is 25.4. The summed E-state index contributed by atoms with van der Waals surface area (Å²) in [5.74, 6) is -1.41. The Morgan fingerprint density at radius 3 is 2.20 bits per heavy atom. The Hall–Kier alpha value is -2.75. The average Bonchev–Trinajstić information content (AvgIpc) is 2.83. The molecular formula is C25H30N2O7Se. The van der Waals surface area contributed by atoms with E-state index in [1.807, 2.05) is 60.7 Å². The normalized spacial score (nSPS) is 24.7. The molecule has 2 aromatic rings. The summed E-state index contributed by atoms with van der Waals surface area (Å²) in [6.07, 6.45) is -3.48. The van der Waals surface area contributed by atoms with Gasteiger partial charge in [-0.15, -0.1) is 0 Å². The summed E-state index contributed by atoms with van der Waals surface area (Å²) in [6.45, 7) is 2.32. The summed E-state index contributed by atoms with van der Waals surface area (Å²) < 4.78 is 12.5. The van der Waals surface area contributed by atoms with Gasteiger partial charge in [-0.1, -0.05) is 0 Å². The van der Waals surface area contributed by atoms with Gasteiger partial charge in [0, 0.05) is 0 Å². The fraction of sp³-hybridized carbons (Fsp3) is 0.400. The molecule has 10 heteroatoms. The predicted molar refractivity (Wildman–Crippen MR) is 129 cm³/mol. The summed E-state index contributed by atoms with van der Waals surface area (Å²) >= 11 is -0.316. The van der Waals surface area contributed by atoms with Gasteiger partial charge in [-0.25, -0.2) is 0 Å². The molecule has 1 saturated heterocycles. The molecule has 0 saturated carbocycles. The van der Waals surface area contributed by atoms with Crippen molar-refractivity contribution in [2.45, 2.75) is 55.7 Å². The molecule has 1 aliphatic rings. The van der Waals surface area contributed by atoms with Gasteiger partial charge in [0.2, 0.25) is 0 Å². The molecular weight excluding hydrogens is 519 g/mol. The van der Waals surface area contributed by atoms with Gasteiger partial charge in [-0.2, -0.15) is 0 Å². The van der Waals surface area contributed by atoms with Gasteiger partial charge in [0.15, 0.2) is 0 Å². The van der Waals surface area contributed by atoms with Gasteiger partial charge in [0.05, 0.1) is 0 Å². The molecule has 1 heterocycles. The number of carbonyl (C=O) groups excluding carboxylic acids is 3. The second-order valence-corrected chi connectivity index (χ2v) is 10.7. The first kappa shape index (κ1) is 26.8. The third-order valence-electron chi connectivity index (χ3n) is 5.40. The minimum atomic E-state index is -1.39. The topological polar surface area (TPSA) is 134 Å². The number of amides is 2. The molecule has 4 N–H and O–H groups in total. The molecule has 0 aliphatic carbocycles. The zero-order valence-corrected chi connectivity index (χ0v) is 21.2. The van der Waals surface area contributed by atoms with E-state index in [9.17, 15) is 24.6 Å². The van der Waals surface area contributed by atoms with Gasteiger partial charge < -0.3 is 0 Å². The van der Waals surface area contributed by atoms with E-state index < -0.39 is 41.4 Å². The van der Waals surface area contributed by atoms with Crippen LogP contribution in [0.4, 0.5) is 0 Å². The van der Waals surface area contributed by atoms with Crippen LogP contribution in [0.5, 0.6) is 0 Å². The summed E-state index contributed by atoms with van der Waals surface area (Å²) in [5.41, 5.74) is 0.844. The van der Waals surface area contributed by atoms with Gasteiger partial charge in [0.25, 0.3) is 0 Å². The van der Waals surface area contributed by atoms with E-state index in [1.54, 1.807) is 0 Å². The minimum absolute atomic E-state index is 0.236. The molecule has 0 aromatic heterocycles. The first-order valence-corrected chi connectivity index (χ1v) is 13.1. The second-order valence-electron chi connectivity index (χ2n) is 8.25. The zero-order valence-electron chi connectivity index (χ0n) is 19.5. The van der Waals surface area contributed by atoms with Crippen LogP contribution >= 0.6 is 0 Å². The third-order valence-corrected chi connectivity index (χ3v) is 7.88. The van der Waals surface area contributed by atoms with Crippen molar-refractivity contribution >= 4 is 37.2 Å². The van der Waals surface area contributed by atoms with E-state index in [0.29, 0.717) is 0 Å². The molecule has 1 aliphatic heterocycles. The fourth-order valence-electron chi connectivity index (χ4n) is 3.74. The van der Waals surface area contributed by atoms with Crippen LogP contribution in [0.3, 0.4) is 0 Å². The average molecular weight is 549 g/mol. The number of nitrogens with one attached hydrogen (secondary N) is 2. The molecule has 0 spiro atoms. The second kappa shape index (κ2) is 12.8. The number of ether oxygens (including phenoxy) is 2. The van der Waals surface area contributed by atoms with Crippen LogP contribution < -0.4 is 15.1 Å². The monoisotopic (exact) mass is 550 g/mol. The van der Waals surface area contributed by atoms with Crippen LogP contribution in [0.2, 0.25) is 0 Å². The number of aliphatic hydroxyl groups is 2. The molecule has 0 radical (unpaired) electrons. The van der Waals surface area contributed by atoms with E-state index in [0.717, 1.165) is 10.0 Å². The number of rotatable bonds is 9. The molecule has 0 unspecified atom stereocenters. The molecule has 0 bridgehead atoms. The van der Waals surface area contributed by atoms with Gasteiger partial charge >= 0.3 is 210 Å². The third kappa shape index (κ3) is 7.88. The summed E-state index contributed by atoms with van der Waals surface area (Å²) in [6, 6.07) is 16.9. The van der Waals surface area contributed by atoms with Crippen molar-refractivity contribution in [2.24, 2.45) is 0 Å². The van der Waals surface area contributed by atoms with E-state index >= 15 is 0 Å². The first-order chi connectivity index (χ1) is 16.7. The van der Waals surface area contributed by atoms with Crippen LogP contribution in [-0.2, 0) is 30.3 Å². The van der Waals surface area contributed by atoms with Crippen molar-refractivity contribution in [3.63, 3.8) is 0 Å². The molecule has 3 rings (SSSR count). The number of aliphatic hydroxyl groups excluding tert-OH is 2. The Kier molecular flexibility index (Phi) is 9.82. The van der Waals surface area contributed by atoms with E-state index in [-0.39, 0.29) is 39.8 Å². The fourth-order valence-corrected chi connectivity index (χ4v) is 6.17. The van der Waals surface area contributed by atoms with Crippen molar-refractivity contribution in [3.8, 4) is 0 Å². The summed E-state index contributed by atoms with van der Waals surface area (Å²) in [7, 11) is 0. The number of hydrogen-bond acceptors (Lipinski definition) is 7. The Balaban J connectivity index is 1.69. The maximum atomic E-state index is 12.8. The predicted octanol–water partition coefficient (Wildman–Crippen LogP) is -0.742. The van der Waals surface area contributed by atoms with E-state index in [1.165, 1.54) is 13.8 Å². The van der Waals surface area contributed by atoms with E-state index in [4.69, 9.17) is 9.47 Å². The Morgan fingerprint density at radius 2 is 1.60 bits per heavy atom. The molecule has 35 heavy (non-hydrogen) atoms.